The smallest absolute Gasteiger partial charge is 0.245 e. The molecule has 3 amide bonds. The van der Waals surface area contributed by atoms with Crippen LogP contribution in [0.4, 0.5) is 0 Å². The van der Waals surface area contributed by atoms with E-state index in [4.69, 9.17) is 11.5 Å². The predicted octanol–water partition coefficient (Wildman–Crippen LogP) is 3.51. The van der Waals surface area contributed by atoms with E-state index in [2.05, 4.69) is 20.9 Å². The second-order valence-electron chi connectivity index (χ2n) is 11.5. The minimum absolute atomic E-state index is 0.286. The van der Waals surface area contributed by atoms with Gasteiger partial charge in [0.2, 0.25) is 17.7 Å². The highest BCUT2D eigenvalue weighted by atomic mass is 32.2. The zero-order valence-corrected chi connectivity index (χ0v) is 27.8. The minimum Gasteiger partial charge on any atom is -0.361 e. The van der Waals surface area contributed by atoms with E-state index in [0.717, 1.165) is 26.9 Å². The molecule has 8 N–H and O–H groups in total. The molecule has 2 aromatic carbocycles. The maximum absolute atomic E-state index is 14.2. The Kier molecular flexibility index (Phi) is 14.3. The lowest BCUT2D eigenvalue weighted by atomic mass is 10.0. The van der Waals surface area contributed by atoms with Gasteiger partial charge in [-0.3, -0.25) is 14.4 Å². The number of likely N-dealkylation sites (N-methyl/N-ethyl adjacent to an activating group) is 1. The maximum atomic E-state index is 14.2. The van der Waals surface area contributed by atoms with Crippen molar-refractivity contribution in [3.8, 4) is 0 Å². The highest BCUT2D eigenvalue weighted by Crippen LogP contribution is 2.24. The average Bonchev–Trinajstić information content (AvgIpc) is 3.50. The molecule has 250 valence electrons. The topological polar surface area (TPSA) is 158 Å². The number of carbonyl (C=O) groups is 3. The fourth-order valence-corrected chi connectivity index (χ4v) is 6.29. The van der Waals surface area contributed by atoms with Crippen molar-refractivity contribution in [2.75, 3.05) is 26.7 Å². The first-order chi connectivity index (χ1) is 22.9. The quantitative estimate of drug-likeness (QED) is 0.216. The number of amides is 3. The second-order valence-corrected chi connectivity index (χ2v) is 12.4. The fraction of sp³-hybridized carbons (Fsp3) is 0.361. The molecule has 0 fully saturated rings. The van der Waals surface area contributed by atoms with Crippen molar-refractivity contribution in [3.05, 3.63) is 102 Å². The van der Waals surface area contributed by atoms with Crippen LogP contribution in [0.1, 0.15) is 36.8 Å². The van der Waals surface area contributed by atoms with Gasteiger partial charge < -0.3 is 37.3 Å². The molecule has 0 unspecified atom stereocenters. The van der Waals surface area contributed by atoms with Crippen LogP contribution >= 0.6 is 11.8 Å². The molecular weight excluding hydrogens is 611 g/mol. The molecular formula is C36H47N7O3S. The molecule has 0 spiro atoms. The number of nitrogens with zero attached hydrogens (tertiary/aromatic N) is 1. The molecule has 0 saturated heterocycles. The van der Waals surface area contributed by atoms with E-state index in [1.165, 1.54) is 4.90 Å². The van der Waals surface area contributed by atoms with E-state index in [-0.39, 0.29) is 17.7 Å². The van der Waals surface area contributed by atoms with Crippen LogP contribution in [0, 0.1) is 0 Å². The summed E-state index contributed by atoms with van der Waals surface area (Å²) in [5.74, 6) is -0.918. The van der Waals surface area contributed by atoms with E-state index >= 15 is 0 Å². The van der Waals surface area contributed by atoms with Gasteiger partial charge in [0.1, 0.15) is 12.1 Å². The van der Waals surface area contributed by atoms with Crippen molar-refractivity contribution in [3.63, 3.8) is 0 Å². The number of aromatic nitrogens is 1. The summed E-state index contributed by atoms with van der Waals surface area (Å²) in [4.78, 5) is 47.4. The lowest BCUT2D eigenvalue weighted by Crippen LogP contribution is -2.57. The van der Waals surface area contributed by atoms with Crippen LogP contribution in [0.2, 0.25) is 0 Å². The molecule has 11 heteroatoms. The molecule has 1 aliphatic heterocycles. The molecule has 3 aromatic rings. The first kappa shape index (κ1) is 35.7. The predicted molar refractivity (Wildman–Crippen MR) is 190 cm³/mol. The van der Waals surface area contributed by atoms with E-state index in [1.54, 1.807) is 18.8 Å². The van der Waals surface area contributed by atoms with Gasteiger partial charge in [-0.2, -0.15) is 0 Å². The first-order valence-electron chi connectivity index (χ1n) is 16.2. The number of thioether (sulfide) groups is 1. The number of allylic oxidation sites excluding steroid dienone is 4. The molecule has 0 saturated carbocycles. The number of H-pyrrole nitrogens is 1. The second kappa shape index (κ2) is 18.9. The number of fused-ring (bicyclic) bond motifs is 2. The zero-order valence-electron chi connectivity index (χ0n) is 27.0. The molecule has 2 heterocycles. The van der Waals surface area contributed by atoms with Crippen LogP contribution in [0.15, 0.2) is 95.4 Å². The van der Waals surface area contributed by atoms with Gasteiger partial charge in [0, 0.05) is 48.6 Å². The summed E-state index contributed by atoms with van der Waals surface area (Å²) >= 11 is 1.59. The maximum Gasteiger partial charge on any atom is 0.245 e. The summed E-state index contributed by atoms with van der Waals surface area (Å²) < 4.78 is 0. The zero-order chi connectivity index (χ0) is 33.4. The molecule has 47 heavy (non-hydrogen) atoms. The third kappa shape index (κ3) is 10.4. The Morgan fingerprint density at radius 3 is 2.40 bits per heavy atom. The number of rotatable bonds is 8. The summed E-state index contributed by atoms with van der Waals surface area (Å²) in [6.45, 7) is 1.56. The van der Waals surface area contributed by atoms with Gasteiger partial charge in [0.05, 0.1) is 6.04 Å². The Morgan fingerprint density at radius 2 is 1.60 bits per heavy atom. The number of hydrogen-bond donors (Lipinski definition) is 6. The normalized spacial score (nSPS) is 20.4. The molecule has 0 bridgehead atoms. The Bertz CT molecular complexity index is 1570. The van der Waals surface area contributed by atoms with Gasteiger partial charge in [-0.25, -0.2) is 0 Å². The van der Waals surface area contributed by atoms with Gasteiger partial charge >= 0.3 is 0 Å². The number of nitrogens with two attached hydrogens (primary N) is 2. The van der Waals surface area contributed by atoms with Gasteiger partial charge in [-0.15, -0.1) is 0 Å². The lowest BCUT2D eigenvalue weighted by molar-refractivity contribution is -0.142. The summed E-state index contributed by atoms with van der Waals surface area (Å²) in [7, 11) is 1.63. The summed E-state index contributed by atoms with van der Waals surface area (Å²) in [5, 5.41) is 12.4. The van der Waals surface area contributed by atoms with Crippen LogP contribution in [-0.2, 0) is 27.3 Å². The van der Waals surface area contributed by atoms with Gasteiger partial charge in [0.25, 0.3) is 0 Å². The van der Waals surface area contributed by atoms with Crippen molar-refractivity contribution < 1.29 is 14.4 Å². The molecule has 3 atom stereocenters. The number of para-hydroxylation sites is 1. The number of carbonyl (C=O) groups excluding carboxylic acids is 3. The lowest BCUT2D eigenvalue weighted by Gasteiger charge is -2.31. The SMILES string of the molecule is CN1C(=O)[C@H](CCCN)NC(=O)[C@H](CCCN)NCc2ccccc2SC=CC=CC=CCNC(=O)[C@@H]1Cc1c[nH]c2ccccc12. The van der Waals surface area contributed by atoms with Crippen LogP contribution in [0.5, 0.6) is 0 Å². The Hall–Kier alpha value is -4.16. The highest BCUT2D eigenvalue weighted by Gasteiger charge is 2.33. The third-order valence-electron chi connectivity index (χ3n) is 8.18. The van der Waals surface area contributed by atoms with E-state index in [0.29, 0.717) is 58.3 Å². The number of benzene rings is 2. The van der Waals surface area contributed by atoms with E-state index in [9.17, 15) is 14.4 Å². The van der Waals surface area contributed by atoms with Gasteiger partial charge in [-0.05, 0) is 67.4 Å². The van der Waals surface area contributed by atoms with Crippen LogP contribution in [0.25, 0.3) is 10.9 Å². The van der Waals surface area contributed by atoms with Crippen LogP contribution < -0.4 is 27.4 Å². The number of hydrogen-bond acceptors (Lipinski definition) is 7. The number of aromatic amines is 1. The van der Waals surface area contributed by atoms with Crippen LogP contribution in [-0.4, -0.2) is 72.4 Å². The molecule has 1 aromatic heterocycles. The standard InChI is InChI=1S/C36H47N7O3S/c1-43-32(23-27-25-40-29-15-7-6-14-28(27)29)35(45)39-21-9-3-2-4-10-22-47-33-18-8-5-13-26(33)24-41-30(16-11-19-37)34(44)42-31(36(43)46)17-12-20-38/h2-10,13-15,18,22,25,30-32,40-41H,11-12,16-17,19-21,23-24,37-38H2,1H3,(H,39,45)(H,42,44)/t30-,31-,32-/m0/s1. The largest absolute Gasteiger partial charge is 0.361 e. The molecule has 0 aliphatic carbocycles. The summed E-state index contributed by atoms with van der Waals surface area (Å²) in [6, 6.07) is 13.7. The average molecular weight is 658 g/mol. The summed E-state index contributed by atoms with van der Waals surface area (Å²) in [5.41, 5.74) is 14.6. The molecule has 1 aliphatic rings. The van der Waals surface area contributed by atoms with Crippen molar-refractivity contribution in [1.82, 2.24) is 25.8 Å². The monoisotopic (exact) mass is 657 g/mol. The van der Waals surface area contributed by atoms with Crippen LogP contribution in [0.3, 0.4) is 0 Å². The van der Waals surface area contributed by atoms with Gasteiger partial charge in [0.15, 0.2) is 0 Å². The number of nitrogens with one attached hydrogen (secondary N) is 4. The first-order valence-corrected chi connectivity index (χ1v) is 17.1. The van der Waals surface area contributed by atoms with E-state index in [1.807, 2.05) is 90.5 Å². The molecule has 4 rings (SSSR count). The Labute approximate surface area is 281 Å². The van der Waals surface area contributed by atoms with Crippen molar-refractivity contribution in [1.29, 1.82) is 0 Å². The Balaban J connectivity index is 1.65. The molecule has 0 radical (unpaired) electrons. The Morgan fingerprint density at radius 1 is 0.872 bits per heavy atom. The van der Waals surface area contributed by atoms with Gasteiger partial charge in [-0.1, -0.05) is 78.5 Å². The molecule has 10 nitrogen and oxygen atoms in total. The highest BCUT2D eigenvalue weighted by molar-refractivity contribution is 8.02. The van der Waals surface area contributed by atoms with Crippen molar-refractivity contribution >= 4 is 40.4 Å². The fourth-order valence-electron chi connectivity index (χ4n) is 5.52. The van der Waals surface area contributed by atoms with Crippen molar-refractivity contribution in [2.24, 2.45) is 11.5 Å². The van der Waals surface area contributed by atoms with Crippen molar-refractivity contribution in [2.45, 2.75) is 61.7 Å². The third-order valence-corrected chi connectivity index (χ3v) is 9.12. The minimum atomic E-state index is -0.858. The summed E-state index contributed by atoms with van der Waals surface area (Å²) in [6.07, 6.45) is 13.7. The van der Waals surface area contributed by atoms with E-state index < -0.39 is 18.1 Å².